The van der Waals surface area contributed by atoms with E-state index in [2.05, 4.69) is 4.99 Å². The van der Waals surface area contributed by atoms with Crippen LogP contribution < -0.4 is 0 Å². The molecule has 1 aliphatic carbocycles. The van der Waals surface area contributed by atoms with Crippen molar-refractivity contribution in [2.24, 2.45) is 10.4 Å². The van der Waals surface area contributed by atoms with E-state index in [0.717, 1.165) is 0 Å². The minimum Gasteiger partial charge on any atom is -0.291 e. The molecule has 1 aromatic carbocycles. The molecule has 1 fully saturated rings. The van der Waals surface area contributed by atoms with Gasteiger partial charge in [0.25, 0.3) is 0 Å². The standard InChI is InChI=1S/C14H16N2O3/c1-14(2)8-11(13(16(18)19)12(17)9-14)15-10-6-4-3-5-7-10/h3-7,13H,8-9H2,1-2H3. The number of hydrogen-bond donors (Lipinski definition) is 0. The van der Waals surface area contributed by atoms with Gasteiger partial charge in [-0.15, -0.1) is 0 Å². The molecule has 0 radical (unpaired) electrons. The lowest BCUT2D eigenvalue weighted by atomic mass is 9.74. The van der Waals surface area contributed by atoms with Crippen molar-refractivity contribution in [1.82, 2.24) is 0 Å². The first-order valence-electron chi connectivity index (χ1n) is 6.18. The second-order valence-electron chi connectivity index (χ2n) is 5.61. The fourth-order valence-corrected chi connectivity index (χ4v) is 2.41. The van der Waals surface area contributed by atoms with E-state index >= 15 is 0 Å². The highest BCUT2D eigenvalue weighted by molar-refractivity contribution is 6.11. The molecule has 1 aromatic rings. The zero-order valence-electron chi connectivity index (χ0n) is 11.0. The number of Topliss-reactive ketones (excluding diaryl/α,β-unsaturated/α-hetero) is 1. The van der Waals surface area contributed by atoms with Crippen LogP contribution in [-0.4, -0.2) is 22.5 Å². The molecule has 0 heterocycles. The Labute approximate surface area is 111 Å². The van der Waals surface area contributed by atoms with Crippen LogP contribution in [0, 0.1) is 15.5 Å². The Hall–Kier alpha value is -2.04. The van der Waals surface area contributed by atoms with Crippen LogP contribution in [-0.2, 0) is 4.79 Å². The summed E-state index contributed by atoms with van der Waals surface area (Å²) in [5.74, 6) is -0.351. The third-order valence-electron chi connectivity index (χ3n) is 3.17. The summed E-state index contributed by atoms with van der Waals surface area (Å²) in [6.07, 6.45) is 0.700. The van der Waals surface area contributed by atoms with Crippen LogP contribution in [0.1, 0.15) is 26.7 Å². The van der Waals surface area contributed by atoms with Crippen molar-refractivity contribution >= 4 is 17.2 Å². The fraction of sp³-hybridized carbons (Fsp3) is 0.429. The SMILES string of the molecule is CC1(C)CC(=O)C([N+](=O)[O-])C(=Nc2ccccc2)C1. The summed E-state index contributed by atoms with van der Waals surface area (Å²) in [4.78, 5) is 26.8. The highest BCUT2D eigenvalue weighted by Gasteiger charge is 2.45. The number of ketones is 1. The third-order valence-corrected chi connectivity index (χ3v) is 3.17. The monoisotopic (exact) mass is 260 g/mol. The molecule has 1 unspecified atom stereocenters. The Morgan fingerprint density at radius 1 is 1.26 bits per heavy atom. The summed E-state index contributed by atoms with van der Waals surface area (Å²) < 4.78 is 0. The Morgan fingerprint density at radius 3 is 2.47 bits per heavy atom. The molecule has 1 saturated carbocycles. The van der Waals surface area contributed by atoms with Crippen LogP contribution in [0.2, 0.25) is 0 Å². The summed E-state index contributed by atoms with van der Waals surface area (Å²) in [6.45, 7) is 3.86. The van der Waals surface area contributed by atoms with Crippen LogP contribution in [0.4, 0.5) is 5.69 Å². The molecule has 1 aliphatic rings. The molecular weight excluding hydrogens is 244 g/mol. The van der Waals surface area contributed by atoms with Crippen LogP contribution in [0.3, 0.4) is 0 Å². The Kier molecular flexibility index (Phi) is 3.46. The van der Waals surface area contributed by atoms with E-state index in [1.54, 1.807) is 12.1 Å². The van der Waals surface area contributed by atoms with Crippen LogP contribution in [0.5, 0.6) is 0 Å². The van der Waals surface area contributed by atoms with E-state index in [-0.39, 0.29) is 17.6 Å². The van der Waals surface area contributed by atoms with Crippen LogP contribution >= 0.6 is 0 Å². The largest absolute Gasteiger partial charge is 0.308 e. The number of carbonyl (C=O) groups is 1. The smallest absolute Gasteiger partial charge is 0.291 e. The van der Waals surface area contributed by atoms with Crippen LogP contribution in [0.25, 0.3) is 0 Å². The van der Waals surface area contributed by atoms with E-state index < -0.39 is 11.0 Å². The molecule has 5 heteroatoms. The summed E-state index contributed by atoms with van der Waals surface area (Å²) >= 11 is 0. The average Bonchev–Trinajstić information content (AvgIpc) is 2.27. The maximum Gasteiger partial charge on any atom is 0.308 e. The van der Waals surface area contributed by atoms with Gasteiger partial charge < -0.3 is 0 Å². The third kappa shape index (κ3) is 3.05. The summed E-state index contributed by atoms with van der Waals surface area (Å²) in [7, 11) is 0. The van der Waals surface area contributed by atoms with E-state index in [1.165, 1.54) is 0 Å². The topological polar surface area (TPSA) is 72.6 Å². The molecule has 0 spiro atoms. The first kappa shape index (κ1) is 13.4. The molecule has 5 nitrogen and oxygen atoms in total. The Bertz CT molecular complexity index is 535. The van der Waals surface area contributed by atoms with Gasteiger partial charge in [0, 0.05) is 11.3 Å². The summed E-state index contributed by atoms with van der Waals surface area (Å²) in [6, 6.07) is 7.75. The van der Waals surface area contributed by atoms with E-state index in [0.29, 0.717) is 17.8 Å². The minimum absolute atomic E-state index is 0.229. The maximum atomic E-state index is 11.9. The number of aliphatic imine (C=N–C) groups is 1. The quantitative estimate of drug-likeness (QED) is 0.606. The molecule has 0 aliphatic heterocycles. The number of para-hydroxylation sites is 1. The number of nitro groups is 1. The highest BCUT2D eigenvalue weighted by Crippen LogP contribution is 2.33. The molecule has 19 heavy (non-hydrogen) atoms. The van der Waals surface area contributed by atoms with Gasteiger partial charge in [0.05, 0.1) is 5.69 Å². The van der Waals surface area contributed by atoms with Gasteiger partial charge in [-0.1, -0.05) is 32.0 Å². The van der Waals surface area contributed by atoms with Crippen LogP contribution in [0.15, 0.2) is 35.3 Å². The molecule has 2 rings (SSSR count). The van der Waals surface area contributed by atoms with Gasteiger partial charge in [-0.2, -0.15) is 0 Å². The normalized spacial score (nSPS) is 24.4. The van der Waals surface area contributed by atoms with Crippen molar-refractivity contribution in [3.63, 3.8) is 0 Å². The molecule has 0 saturated heterocycles. The number of carbonyl (C=O) groups excluding carboxylic acids is 1. The van der Waals surface area contributed by atoms with Gasteiger partial charge in [-0.3, -0.25) is 19.9 Å². The van der Waals surface area contributed by atoms with Gasteiger partial charge in [0.1, 0.15) is 5.71 Å². The van der Waals surface area contributed by atoms with E-state index in [1.807, 2.05) is 32.0 Å². The molecular formula is C14H16N2O3. The van der Waals surface area contributed by atoms with Crippen molar-refractivity contribution in [3.05, 3.63) is 40.4 Å². The summed E-state index contributed by atoms with van der Waals surface area (Å²) in [5, 5.41) is 11.1. The van der Waals surface area contributed by atoms with Crippen molar-refractivity contribution in [2.45, 2.75) is 32.7 Å². The highest BCUT2D eigenvalue weighted by atomic mass is 16.6. The number of hydrogen-bond acceptors (Lipinski definition) is 4. The predicted molar refractivity (Wildman–Crippen MR) is 72.3 cm³/mol. The number of rotatable bonds is 2. The van der Waals surface area contributed by atoms with Crippen molar-refractivity contribution in [2.75, 3.05) is 0 Å². The second kappa shape index (κ2) is 4.91. The lowest BCUT2D eigenvalue weighted by Crippen LogP contribution is -2.46. The maximum absolute atomic E-state index is 11.9. The van der Waals surface area contributed by atoms with E-state index in [4.69, 9.17) is 0 Å². The molecule has 0 bridgehead atoms. The lowest BCUT2D eigenvalue weighted by molar-refractivity contribution is -0.490. The van der Waals surface area contributed by atoms with Gasteiger partial charge in [-0.25, -0.2) is 0 Å². The molecule has 100 valence electrons. The van der Waals surface area contributed by atoms with Gasteiger partial charge in [0.2, 0.25) is 5.78 Å². The van der Waals surface area contributed by atoms with Crippen molar-refractivity contribution in [1.29, 1.82) is 0 Å². The first-order chi connectivity index (χ1) is 8.89. The first-order valence-corrected chi connectivity index (χ1v) is 6.18. The lowest BCUT2D eigenvalue weighted by Gasteiger charge is -2.30. The van der Waals surface area contributed by atoms with Crippen molar-refractivity contribution < 1.29 is 9.72 Å². The minimum atomic E-state index is -1.28. The van der Waals surface area contributed by atoms with E-state index in [9.17, 15) is 14.9 Å². The fourth-order valence-electron chi connectivity index (χ4n) is 2.41. The zero-order chi connectivity index (χ0) is 14.0. The second-order valence-corrected chi connectivity index (χ2v) is 5.61. The predicted octanol–water partition coefficient (Wildman–Crippen LogP) is 2.79. The zero-order valence-corrected chi connectivity index (χ0v) is 11.0. The van der Waals surface area contributed by atoms with Gasteiger partial charge >= 0.3 is 6.04 Å². The Morgan fingerprint density at radius 2 is 1.89 bits per heavy atom. The number of benzene rings is 1. The number of nitrogens with zero attached hydrogens (tertiary/aromatic N) is 2. The molecule has 0 N–H and O–H groups in total. The average molecular weight is 260 g/mol. The summed E-state index contributed by atoms with van der Waals surface area (Å²) in [5.41, 5.74) is 0.740. The van der Waals surface area contributed by atoms with Gasteiger partial charge in [0.15, 0.2) is 0 Å². The molecule has 1 atom stereocenters. The van der Waals surface area contributed by atoms with Gasteiger partial charge in [-0.05, 0) is 24.0 Å². The van der Waals surface area contributed by atoms with Crippen molar-refractivity contribution in [3.8, 4) is 0 Å². The molecule has 0 aromatic heterocycles. The molecule has 0 amide bonds. The Balaban J connectivity index is 2.41.